The molecule has 0 aromatic heterocycles. The molecular formula is C17H34O4Si2. The van der Waals surface area contributed by atoms with Crippen molar-refractivity contribution in [3.8, 4) is 0 Å². The van der Waals surface area contributed by atoms with Crippen LogP contribution in [0.4, 0.5) is 0 Å². The Labute approximate surface area is 143 Å². The predicted molar refractivity (Wildman–Crippen MR) is 100 cm³/mol. The molecule has 0 aromatic rings. The fraction of sp³-hybridized carbons (Fsp3) is 0.765. The number of carbonyl (C=O) groups is 2. The monoisotopic (exact) mass is 358 g/mol. The summed E-state index contributed by atoms with van der Waals surface area (Å²) in [5.41, 5.74) is 0.165. The van der Waals surface area contributed by atoms with Crippen molar-refractivity contribution < 1.29 is 18.4 Å². The molecule has 0 bridgehead atoms. The molecule has 0 saturated heterocycles. The van der Waals surface area contributed by atoms with Gasteiger partial charge in [-0.15, -0.1) is 0 Å². The van der Waals surface area contributed by atoms with Gasteiger partial charge in [-0.25, -0.2) is 4.79 Å². The van der Waals surface area contributed by atoms with Gasteiger partial charge in [0.05, 0.1) is 6.42 Å². The Morgan fingerprint density at radius 2 is 1.17 bits per heavy atom. The molecule has 0 fully saturated rings. The highest BCUT2D eigenvalue weighted by Crippen LogP contribution is 2.38. The largest absolute Gasteiger partial charge is 0.519 e. The molecule has 0 aromatic carbocycles. The van der Waals surface area contributed by atoms with E-state index in [2.05, 4.69) is 48.1 Å². The molecule has 0 rings (SSSR count). The Morgan fingerprint density at radius 3 is 1.52 bits per heavy atom. The molecule has 0 aliphatic carbocycles. The molecule has 0 radical (unpaired) electrons. The van der Waals surface area contributed by atoms with Gasteiger partial charge < -0.3 is 8.85 Å². The summed E-state index contributed by atoms with van der Waals surface area (Å²) < 4.78 is 11.3. The van der Waals surface area contributed by atoms with Crippen LogP contribution in [0.1, 0.15) is 48.0 Å². The predicted octanol–water partition coefficient (Wildman–Crippen LogP) is 5.03. The van der Waals surface area contributed by atoms with Gasteiger partial charge in [0.1, 0.15) is 0 Å². The summed E-state index contributed by atoms with van der Waals surface area (Å²) in [5, 5.41) is -0.143. The van der Waals surface area contributed by atoms with Crippen molar-refractivity contribution in [2.75, 3.05) is 0 Å². The first-order valence-corrected chi connectivity index (χ1v) is 13.9. The Kier molecular flexibility index (Phi) is 6.66. The fourth-order valence-electron chi connectivity index (χ4n) is 1.18. The molecule has 0 unspecified atom stereocenters. The standard InChI is InChI=1S/C17H34O4Si2/c1-13(15(19)21-23(10,11)17(5,6)7)12-14(18)20-22(8,9)16(2,3)4/h1,12H2,2-11H3. The summed E-state index contributed by atoms with van der Waals surface area (Å²) in [5.74, 6) is -0.877. The number of carbonyl (C=O) groups excluding carboxylic acids is 2. The Bertz CT molecular complexity index is 480. The van der Waals surface area contributed by atoms with Crippen LogP contribution in [0.2, 0.25) is 36.3 Å². The summed E-state index contributed by atoms with van der Waals surface area (Å²) in [6.45, 7) is 24.1. The van der Waals surface area contributed by atoms with Gasteiger partial charge in [-0.2, -0.15) is 0 Å². The highest BCUT2D eigenvalue weighted by atomic mass is 28.4. The molecule has 23 heavy (non-hydrogen) atoms. The normalized spacial score (nSPS) is 13.5. The van der Waals surface area contributed by atoms with Crippen LogP contribution >= 0.6 is 0 Å². The van der Waals surface area contributed by atoms with E-state index in [1.165, 1.54) is 0 Å². The topological polar surface area (TPSA) is 52.6 Å². The van der Waals surface area contributed by atoms with Gasteiger partial charge in [-0.1, -0.05) is 48.1 Å². The van der Waals surface area contributed by atoms with Crippen LogP contribution in [-0.2, 0) is 18.4 Å². The Balaban J connectivity index is 4.79. The SMILES string of the molecule is C=C(CC(=O)O[Si](C)(C)C(C)(C)C)C(=O)O[Si](C)(C)C(C)(C)C. The van der Waals surface area contributed by atoms with E-state index < -0.39 is 28.6 Å². The molecule has 0 atom stereocenters. The zero-order valence-corrected chi connectivity index (χ0v) is 18.5. The highest BCUT2D eigenvalue weighted by Gasteiger charge is 2.42. The molecule has 6 heteroatoms. The summed E-state index contributed by atoms with van der Waals surface area (Å²) in [6, 6.07) is 0. The van der Waals surface area contributed by atoms with Crippen molar-refractivity contribution in [3.63, 3.8) is 0 Å². The lowest BCUT2D eigenvalue weighted by atomic mass is 10.2. The first-order valence-electron chi connectivity index (χ1n) is 8.04. The van der Waals surface area contributed by atoms with Crippen molar-refractivity contribution in [1.82, 2.24) is 0 Å². The van der Waals surface area contributed by atoms with E-state index in [0.29, 0.717) is 0 Å². The Morgan fingerprint density at radius 1 is 0.826 bits per heavy atom. The lowest BCUT2D eigenvalue weighted by molar-refractivity contribution is -0.138. The fourth-order valence-corrected chi connectivity index (χ4v) is 3.04. The minimum atomic E-state index is -2.21. The average molecular weight is 359 g/mol. The van der Waals surface area contributed by atoms with Gasteiger partial charge in [-0.3, -0.25) is 4.79 Å². The smallest absolute Gasteiger partial charge is 0.320 e. The number of hydrogen-bond acceptors (Lipinski definition) is 4. The third-order valence-electron chi connectivity index (χ3n) is 4.98. The van der Waals surface area contributed by atoms with Crippen LogP contribution in [0.3, 0.4) is 0 Å². The van der Waals surface area contributed by atoms with Crippen LogP contribution in [0.25, 0.3) is 0 Å². The maximum atomic E-state index is 12.2. The first-order chi connectivity index (χ1) is 9.91. The summed E-state index contributed by atoms with van der Waals surface area (Å²) >= 11 is 0. The first kappa shape index (κ1) is 22.1. The van der Waals surface area contributed by atoms with E-state index in [1.807, 2.05) is 26.2 Å². The van der Waals surface area contributed by atoms with Gasteiger partial charge in [0, 0.05) is 5.57 Å². The van der Waals surface area contributed by atoms with E-state index >= 15 is 0 Å². The molecule has 0 spiro atoms. The number of hydrogen-bond donors (Lipinski definition) is 0. The third kappa shape index (κ3) is 6.26. The van der Waals surface area contributed by atoms with Crippen molar-refractivity contribution in [3.05, 3.63) is 12.2 Å². The molecule has 0 N–H and O–H groups in total. The summed E-state index contributed by atoms with van der Waals surface area (Å²) in [6.07, 6.45) is -0.111. The molecular weight excluding hydrogens is 324 g/mol. The van der Waals surface area contributed by atoms with Gasteiger partial charge >= 0.3 is 5.97 Å². The van der Waals surface area contributed by atoms with Crippen LogP contribution in [0.15, 0.2) is 12.2 Å². The molecule has 0 heterocycles. The summed E-state index contributed by atoms with van der Waals surface area (Å²) in [4.78, 5) is 24.4. The second kappa shape index (κ2) is 6.93. The van der Waals surface area contributed by atoms with Crippen molar-refractivity contribution in [2.24, 2.45) is 0 Å². The van der Waals surface area contributed by atoms with E-state index in [0.717, 1.165) is 0 Å². The lowest BCUT2D eigenvalue weighted by Gasteiger charge is -2.36. The van der Waals surface area contributed by atoms with E-state index in [9.17, 15) is 9.59 Å². The second-order valence-corrected chi connectivity index (χ2v) is 18.6. The highest BCUT2D eigenvalue weighted by molar-refractivity contribution is 6.76. The summed E-state index contributed by atoms with van der Waals surface area (Å²) in [7, 11) is -4.39. The van der Waals surface area contributed by atoms with Gasteiger partial charge in [0.15, 0.2) is 0 Å². The molecule has 0 saturated carbocycles. The molecule has 4 nitrogen and oxygen atoms in total. The van der Waals surface area contributed by atoms with Crippen molar-refractivity contribution >= 4 is 28.6 Å². The van der Waals surface area contributed by atoms with Gasteiger partial charge in [-0.05, 0) is 36.3 Å². The van der Waals surface area contributed by atoms with Crippen molar-refractivity contribution in [2.45, 2.75) is 84.2 Å². The molecule has 0 aliphatic heterocycles. The molecule has 0 aliphatic rings. The Hall–Kier alpha value is -0.886. The quantitative estimate of drug-likeness (QED) is 0.511. The molecule has 0 amide bonds. The average Bonchev–Trinajstić information content (AvgIpc) is 2.23. The zero-order valence-electron chi connectivity index (χ0n) is 16.5. The molecule has 134 valence electrons. The van der Waals surface area contributed by atoms with Crippen molar-refractivity contribution in [1.29, 1.82) is 0 Å². The van der Waals surface area contributed by atoms with Crippen LogP contribution in [-0.4, -0.2) is 28.6 Å². The maximum Gasteiger partial charge on any atom is 0.320 e. The van der Waals surface area contributed by atoms with Crippen LogP contribution in [0, 0.1) is 0 Å². The van der Waals surface area contributed by atoms with Crippen LogP contribution in [0.5, 0.6) is 0 Å². The third-order valence-corrected chi connectivity index (χ3v) is 13.6. The minimum absolute atomic E-state index is 0.0638. The van der Waals surface area contributed by atoms with Crippen LogP contribution < -0.4 is 0 Å². The second-order valence-electron chi connectivity index (χ2n) is 9.16. The number of rotatable bonds is 5. The van der Waals surface area contributed by atoms with E-state index in [-0.39, 0.29) is 22.1 Å². The zero-order chi connectivity index (χ0) is 18.9. The van der Waals surface area contributed by atoms with Gasteiger partial charge in [0.25, 0.3) is 22.6 Å². The van der Waals surface area contributed by atoms with E-state index in [4.69, 9.17) is 8.85 Å². The minimum Gasteiger partial charge on any atom is -0.519 e. The van der Waals surface area contributed by atoms with Gasteiger partial charge in [0.2, 0.25) is 0 Å². The lowest BCUT2D eigenvalue weighted by Crippen LogP contribution is -2.44. The maximum absolute atomic E-state index is 12.2. The van der Waals surface area contributed by atoms with E-state index in [1.54, 1.807) is 0 Å².